The van der Waals surface area contributed by atoms with Gasteiger partial charge in [0.15, 0.2) is 0 Å². The molecule has 0 fully saturated rings. The molecule has 0 aliphatic heterocycles. The first-order valence-electron chi connectivity index (χ1n) is 5.93. The van der Waals surface area contributed by atoms with Crippen molar-refractivity contribution >= 4 is 28.3 Å². The van der Waals surface area contributed by atoms with Gasteiger partial charge in [-0.3, -0.25) is 0 Å². The average molecular weight is 249 g/mol. The quantitative estimate of drug-likeness (QED) is 0.881. The summed E-state index contributed by atoms with van der Waals surface area (Å²) in [6, 6.07) is 6.16. The predicted octanol–water partition coefficient (Wildman–Crippen LogP) is 4.19. The van der Waals surface area contributed by atoms with Crippen LogP contribution in [0.2, 0.25) is 5.02 Å². The van der Waals surface area contributed by atoms with Crippen LogP contribution in [0.3, 0.4) is 0 Å². The fraction of sp³-hybridized carbons (Fsp3) is 0.357. The van der Waals surface area contributed by atoms with Crippen molar-refractivity contribution in [2.45, 2.75) is 26.7 Å². The summed E-state index contributed by atoms with van der Waals surface area (Å²) in [7, 11) is 1.90. The number of pyridine rings is 1. The van der Waals surface area contributed by atoms with Gasteiger partial charge in [-0.25, -0.2) is 4.98 Å². The van der Waals surface area contributed by atoms with Crippen LogP contribution in [0.25, 0.3) is 10.9 Å². The zero-order chi connectivity index (χ0) is 12.4. The Balaban J connectivity index is 2.73. The molecule has 0 saturated heterocycles. The van der Waals surface area contributed by atoms with Crippen molar-refractivity contribution in [3.8, 4) is 0 Å². The fourth-order valence-corrected chi connectivity index (χ4v) is 2.29. The largest absolute Gasteiger partial charge is 0.373 e. The Morgan fingerprint density at radius 1 is 1.35 bits per heavy atom. The van der Waals surface area contributed by atoms with Gasteiger partial charge in [0, 0.05) is 12.4 Å². The van der Waals surface area contributed by atoms with Crippen LogP contribution in [0.15, 0.2) is 18.2 Å². The summed E-state index contributed by atoms with van der Waals surface area (Å²) in [5, 5.41) is 5.02. The lowest BCUT2D eigenvalue weighted by Crippen LogP contribution is -2.00. The zero-order valence-corrected chi connectivity index (χ0v) is 11.2. The third-order valence-corrected chi connectivity index (χ3v) is 3.29. The van der Waals surface area contributed by atoms with Gasteiger partial charge in [-0.05, 0) is 36.6 Å². The Morgan fingerprint density at radius 2 is 2.12 bits per heavy atom. The molecule has 0 aliphatic rings. The Labute approximate surface area is 107 Å². The number of halogens is 1. The molecule has 0 atom stereocenters. The highest BCUT2D eigenvalue weighted by Crippen LogP contribution is 2.29. The molecule has 0 unspecified atom stereocenters. The van der Waals surface area contributed by atoms with Gasteiger partial charge >= 0.3 is 0 Å². The Morgan fingerprint density at radius 3 is 2.76 bits per heavy atom. The normalized spacial score (nSPS) is 10.8. The molecule has 1 heterocycles. The predicted molar refractivity (Wildman–Crippen MR) is 75.0 cm³/mol. The highest BCUT2D eigenvalue weighted by molar-refractivity contribution is 6.35. The number of benzene rings is 1. The van der Waals surface area contributed by atoms with Crippen LogP contribution in [0.5, 0.6) is 0 Å². The number of aromatic nitrogens is 1. The van der Waals surface area contributed by atoms with E-state index in [1.54, 1.807) is 0 Å². The number of rotatable bonds is 3. The second-order valence-electron chi connectivity index (χ2n) is 4.26. The summed E-state index contributed by atoms with van der Waals surface area (Å²) < 4.78 is 0. The van der Waals surface area contributed by atoms with Crippen LogP contribution >= 0.6 is 11.6 Å². The number of aryl methyl sites for hydroxylation is 2. The minimum absolute atomic E-state index is 0.713. The van der Waals surface area contributed by atoms with E-state index in [0.29, 0.717) is 5.02 Å². The molecule has 1 aromatic carbocycles. The minimum atomic E-state index is 0.713. The fourth-order valence-electron chi connectivity index (χ4n) is 2.08. The Bertz CT molecular complexity index is 549. The smallest absolute Gasteiger partial charge is 0.129 e. The molecule has 2 rings (SSSR count). The van der Waals surface area contributed by atoms with Crippen molar-refractivity contribution in [1.82, 2.24) is 4.98 Å². The first-order valence-corrected chi connectivity index (χ1v) is 6.31. The number of anilines is 1. The van der Waals surface area contributed by atoms with Crippen LogP contribution in [0.4, 0.5) is 5.82 Å². The van der Waals surface area contributed by atoms with Crippen molar-refractivity contribution in [3.63, 3.8) is 0 Å². The highest BCUT2D eigenvalue weighted by atomic mass is 35.5. The first kappa shape index (κ1) is 12.2. The minimum Gasteiger partial charge on any atom is -0.373 e. The zero-order valence-electron chi connectivity index (χ0n) is 10.5. The van der Waals surface area contributed by atoms with Gasteiger partial charge in [0.1, 0.15) is 5.82 Å². The van der Waals surface area contributed by atoms with Gasteiger partial charge in [-0.15, -0.1) is 0 Å². The summed E-state index contributed by atoms with van der Waals surface area (Å²) in [6.45, 7) is 4.27. The maximum absolute atomic E-state index is 6.20. The van der Waals surface area contributed by atoms with E-state index in [9.17, 15) is 0 Å². The molecule has 90 valence electrons. The molecule has 0 radical (unpaired) electrons. The molecule has 1 aromatic heterocycles. The van der Waals surface area contributed by atoms with Crippen LogP contribution in [0.1, 0.15) is 24.5 Å². The van der Waals surface area contributed by atoms with E-state index in [-0.39, 0.29) is 0 Å². The van der Waals surface area contributed by atoms with Gasteiger partial charge in [-0.1, -0.05) is 31.0 Å². The number of nitrogens with one attached hydrogen (secondary N) is 1. The van der Waals surface area contributed by atoms with Crippen LogP contribution in [-0.2, 0) is 6.42 Å². The molecule has 1 N–H and O–H groups in total. The van der Waals surface area contributed by atoms with Crippen molar-refractivity contribution in [2.24, 2.45) is 0 Å². The lowest BCUT2D eigenvalue weighted by molar-refractivity contribution is 0.918. The average Bonchev–Trinajstić information content (AvgIpc) is 2.34. The summed E-state index contributed by atoms with van der Waals surface area (Å²) in [4.78, 5) is 4.63. The van der Waals surface area contributed by atoms with E-state index in [0.717, 1.165) is 29.6 Å². The van der Waals surface area contributed by atoms with Crippen molar-refractivity contribution in [2.75, 3.05) is 12.4 Å². The second-order valence-corrected chi connectivity index (χ2v) is 4.66. The van der Waals surface area contributed by atoms with E-state index in [1.807, 2.05) is 19.2 Å². The SMILES string of the molecule is CCCc1cc2c(C)ccc(Cl)c2nc1NC. The standard InChI is InChI=1S/C14H17ClN2/c1-4-5-10-8-11-9(2)6-7-12(15)13(11)17-14(10)16-3/h6-8H,4-5H2,1-3H3,(H,16,17). The highest BCUT2D eigenvalue weighted by Gasteiger charge is 2.09. The van der Waals surface area contributed by atoms with Gasteiger partial charge in [0.2, 0.25) is 0 Å². The van der Waals surface area contributed by atoms with E-state index < -0.39 is 0 Å². The Hall–Kier alpha value is -1.28. The second kappa shape index (κ2) is 4.92. The first-order chi connectivity index (χ1) is 8.17. The molecule has 0 spiro atoms. The van der Waals surface area contributed by atoms with E-state index in [1.165, 1.54) is 11.1 Å². The van der Waals surface area contributed by atoms with Crippen LogP contribution in [-0.4, -0.2) is 12.0 Å². The summed E-state index contributed by atoms with van der Waals surface area (Å²) in [5.74, 6) is 0.937. The molecule has 0 amide bonds. The third-order valence-electron chi connectivity index (χ3n) is 2.99. The summed E-state index contributed by atoms with van der Waals surface area (Å²) in [6.07, 6.45) is 2.15. The molecular formula is C14H17ClN2. The van der Waals surface area contributed by atoms with Gasteiger partial charge in [0.05, 0.1) is 10.5 Å². The molecule has 2 nitrogen and oxygen atoms in total. The van der Waals surface area contributed by atoms with E-state index in [4.69, 9.17) is 11.6 Å². The van der Waals surface area contributed by atoms with Crippen molar-refractivity contribution < 1.29 is 0 Å². The molecule has 0 saturated carbocycles. The van der Waals surface area contributed by atoms with Crippen LogP contribution in [0, 0.1) is 6.92 Å². The summed E-state index contributed by atoms with van der Waals surface area (Å²) >= 11 is 6.20. The van der Waals surface area contributed by atoms with Gasteiger partial charge in [-0.2, -0.15) is 0 Å². The maximum atomic E-state index is 6.20. The summed E-state index contributed by atoms with van der Waals surface area (Å²) in [5.41, 5.74) is 3.36. The van der Waals surface area contributed by atoms with Crippen molar-refractivity contribution in [3.05, 3.63) is 34.3 Å². The van der Waals surface area contributed by atoms with E-state index in [2.05, 4.69) is 30.2 Å². The molecular weight excluding hydrogens is 232 g/mol. The molecule has 3 heteroatoms. The monoisotopic (exact) mass is 248 g/mol. The maximum Gasteiger partial charge on any atom is 0.129 e. The van der Waals surface area contributed by atoms with Crippen LogP contribution < -0.4 is 5.32 Å². The lowest BCUT2D eigenvalue weighted by atomic mass is 10.0. The number of fused-ring (bicyclic) bond motifs is 1. The van der Waals surface area contributed by atoms with E-state index >= 15 is 0 Å². The topological polar surface area (TPSA) is 24.9 Å². The molecule has 2 aromatic rings. The van der Waals surface area contributed by atoms with Crippen molar-refractivity contribution in [1.29, 1.82) is 0 Å². The lowest BCUT2D eigenvalue weighted by Gasteiger charge is -2.11. The number of hydrogen-bond donors (Lipinski definition) is 1. The van der Waals surface area contributed by atoms with Gasteiger partial charge in [0.25, 0.3) is 0 Å². The number of nitrogens with zero attached hydrogens (tertiary/aromatic N) is 1. The number of hydrogen-bond acceptors (Lipinski definition) is 2. The molecule has 17 heavy (non-hydrogen) atoms. The third kappa shape index (κ3) is 2.22. The molecule has 0 bridgehead atoms. The Kier molecular flexibility index (Phi) is 3.53. The van der Waals surface area contributed by atoms with Gasteiger partial charge < -0.3 is 5.32 Å². The molecule has 0 aliphatic carbocycles.